The molecule has 220 valence electrons. The summed E-state index contributed by atoms with van der Waals surface area (Å²) in [6.45, 7) is 4.94. The number of para-hydroxylation sites is 2. The lowest BCUT2D eigenvalue weighted by molar-refractivity contribution is 1.08. The van der Waals surface area contributed by atoms with Crippen LogP contribution < -0.4 is 15.3 Å². The highest BCUT2D eigenvalue weighted by molar-refractivity contribution is 7.05. The summed E-state index contributed by atoms with van der Waals surface area (Å²) in [5.41, 5.74) is 9.09. The quantitative estimate of drug-likeness (QED) is 0.177. The van der Waals surface area contributed by atoms with Crippen molar-refractivity contribution in [2.24, 2.45) is 0 Å². The summed E-state index contributed by atoms with van der Waals surface area (Å²) >= 11 is 0. The second kappa shape index (κ2) is 11.4. The van der Waals surface area contributed by atoms with Crippen LogP contribution in [0.1, 0.15) is 0 Å². The van der Waals surface area contributed by atoms with Crippen LogP contribution in [-0.2, 0) is 0 Å². The standard InChI is InChI=1S/C41H32N4Si/c1-46(2)37-33(34-26-16-28-36(38(34)46)45(31-21-11-5-12-22-31)32-23-13-6-14-24-32)25-15-27-35(37)41-43-39(29-17-7-3-8-18-29)42-40(44-41)30-19-9-4-10-20-30/h3-28H,1-2H3. The van der Waals surface area contributed by atoms with Crippen LogP contribution in [0.25, 0.3) is 45.3 Å². The Kier molecular flexibility index (Phi) is 6.89. The highest BCUT2D eigenvalue weighted by Crippen LogP contribution is 2.40. The van der Waals surface area contributed by atoms with E-state index < -0.39 is 8.07 Å². The highest BCUT2D eigenvalue weighted by atomic mass is 28.3. The van der Waals surface area contributed by atoms with Gasteiger partial charge in [0.05, 0.1) is 0 Å². The Bertz CT molecular complexity index is 2070. The Morgan fingerprint density at radius 1 is 0.391 bits per heavy atom. The minimum absolute atomic E-state index is 0.678. The normalized spacial score (nSPS) is 12.7. The number of fused-ring (bicyclic) bond motifs is 3. The van der Waals surface area contributed by atoms with Crippen molar-refractivity contribution >= 4 is 35.5 Å². The van der Waals surface area contributed by atoms with Gasteiger partial charge in [-0.25, -0.2) is 15.0 Å². The topological polar surface area (TPSA) is 41.9 Å². The largest absolute Gasteiger partial charge is 0.311 e. The van der Waals surface area contributed by atoms with E-state index in [2.05, 4.69) is 139 Å². The van der Waals surface area contributed by atoms with Gasteiger partial charge in [0.25, 0.3) is 0 Å². The van der Waals surface area contributed by atoms with Gasteiger partial charge in [-0.2, -0.15) is 0 Å². The van der Waals surface area contributed by atoms with E-state index >= 15 is 0 Å². The summed E-state index contributed by atoms with van der Waals surface area (Å²) in [5, 5.41) is 2.79. The van der Waals surface area contributed by atoms with E-state index in [1.165, 1.54) is 27.2 Å². The second-order valence-electron chi connectivity index (χ2n) is 12.1. The molecule has 8 rings (SSSR count). The van der Waals surface area contributed by atoms with Crippen molar-refractivity contribution in [3.8, 4) is 45.3 Å². The molecular weight excluding hydrogens is 577 g/mol. The zero-order valence-electron chi connectivity index (χ0n) is 25.8. The zero-order chi connectivity index (χ0) is 31.1. The molecule has 6 aromatic carbocycles. The van der Waals surface area contributed by atoms with Crippen molar-refractivity contribution in [1.82, 2.24) is 15.0 Å². The van der Waals surface area contributed by atoms with Crippen LogP contribution in [0.15, 0.2) is 158 Å². The molecule has 4 nitrogen and oxygen atoms in total. The predicted octanol–water partition coefficient (Wildman–Crippen LogP) is 9.15. The number of rotatable bonds is 6. The van der Waals surface area contributed by atoms with Crippen LogP contribution in [0, 0.1) is 0 Å². The van der Waals surface area contributed by atoms with E-state index in [0.29, 0.717) is 17.5 Å². The smallest absolute Gasteiger partial charge is 0.164 e. The summed E-state index contributed by atoms with van der Waals surface area (Å²) in [4.78, 5) is 17.7. The highest BCUT2D eigenvalue weighted by Gasteiger charge is 2.43. The second-order valence-corrected chi connectivity index (χ2v) is 16.3. The maximum atomic E-state index is 5.15. The fourth-order valence-corrected chi connectivity index (χ4v) is 10.6. The lowest BCUT2D eigenvalue weighted by Gasteiger charge is -2.31. The first kappa shape index (κ1) is 27.9. The molecule has 0 saturated heterocycles. The van der Waals surface area contributed by atoms with E-state index in [0.717, 1.165) is 28.1 Å². The van der Waals surface area contributed by atoms with Crippen molar-refractivity contribution in [1.29, 1.82) is 0 Å². The summed E-state index contributed by atoms with van der Waals surface area (Å²) in [5.74, 6) is 2.07. The van der Waals surface area contributed by atoms with E-state index in [1.807, 2.05) is 36.4 Å². The Morgan fingerprint density at radius 2 is 0.804 bits per heavy atom. The van der Waals surface area contributed by atoms with Crippen molar-refractivity contribution < 1.29 is 0 Å². The molecule has 2 heterocycles. The van der Waals surface area contributed by atoms with Crippen molar-refractivity contribution in [2.45, 2.75) is 13.1 Å². The van der Waals surface area contributed by atoms with Crippen LogP contribution >= 0.6 is 0 Å². The summed E-state index contributed by atoms with van der Waals surface area (Å²) < 4.78 is 0. The maximum Gasteiger partial charge on any atom is 0.164 e. The average molecular weight is 609 g/mol. The molecule has 0 bridgehead atoms. The van der Waals surface area contributed by atoms with Crippen molar-refractivity contribution in [2.75, 3.05) is 4.90 Å². The predicted molar refractivity (Wildman–Crippen MR) is 193 cm³/mol. The molecule has 0 fully saturated rings. The van der Waals surface area contributed by atoms with Gasteiger partial charge >= 0.3 is 0 Å². The van der Waals surface area contributed by atoms with E-state index in [9.17, 15) is 0 Å². The molecule has 0 saturated carbocycles. The molecule has 46 heavy (non-hydrogen) atoms. The van der Waals surface area contributed by atoms with Crippen LogP contribution in [0.4, 0.5) is 17.1 Å². The lowest BCUT2D eigenvalue weighted by Crippen LogP contribution is -2.51. The first-order chi connectivity index (χ1) is 22.6. The SMILES string of the molecule is C[Si]1(C)c2c(-c3nc(-c4ccccc4)nc(-c4ccccc4)n3)cccc2-c2cccc(N(c3ccccc3)c3ccccc3)c21. The third kappa shape index (κ3) is 4.73. The molecule has 0 amide bonds. The van der Waals surface area contributed by atoms with Crippen molar-refractivity contribution in [3.63, 3.8) is 0 Å². The van der Waals surface area contributed by atoms with Gasteiger partial charge in [0.1, 0.15) is 8.07 Å². The third-order valence-corrected chi connectivity index (χ3v) is 12.4. The number of anilines is 3. The van der Waals surface area contributed by atoms with Gasteiger partial charge in [-0.05, 0) is 51.8 Å². The average Bonchev–Trinajstić information content (AvgIpc) is 3.37. The Labute approximate surface area is 270 Å². The van der Waals surface area contributed by atoms with Crippen molar-refractivity contribution in [3.05, 3.63) is 158 Å². The molecule has 0 spiro atoms. The van der Waals surface area contributed by atoms with E-state index in [-0.39, 0.29) is 0 Å². The Morgan fingerprint density at radius 3 is 1.33 bits per heavy atom. The molecule has 0 unspecified atom stereocenters. The molecule has 0 aliphatic carbocycles. The van der Waals surface area contributed by atoms with Crippen LogP contribution in [0.2, 0.25) is 13.1 Å². The first-order valence-corrected chi connectivity index (χ1v) is 18.6. The van der Waals surface area contributed by atoms with Gasteiger partial charge in [0, 0.05) is 33.8 Å². The minimum Gasteiger partial charge on any atom is -0.311 e. The fourth-order valence-electron chi connectivity index (χ4n) is 6.88. The molecule has 7 aromatic rings. The van der Waals surface area contributed by atoms with Gasteiger partial charge in [0.15, 0.2) is 17.5 Å². The molecule has 0 radical (unpaired) electrons. The number of aromatic nitrogens is 3. The fraction of sp³-hybridized carbons (Fsp3) is 0.0488. The Balaban J connectivity index is 1.34. The monoisotopic (exact) mass is 608 g/mol. The van der Waals surface area contributed by atoms with E-state index in [4.69, 9.17) is 15.0 Å². The van der Waals surface area contributed by atoms with Crippen LogP contribution in [0.3, 0.4) is 0 Å². The molecule has 5 heteroatoms. The first-order valence-electron chi connectivity index (χ1n) is 15.6. The number of hydrogen-bond donors (Lipinski definition) is 0. The van der Waals surface area contributed by atoms with Crippen LogP contribution in [-0.4, -0.2) is 23.0 Å². The summed E-state index contributed by atoms with van der Waals surface area (Å²) in [6, 6.07) is 55.1. The molecule has 0 N–H and O–H groups in total. The number of nitrogens with zero attached hydrogens (tertiary/aromatic N) is 4. The molecule has 1 aliphatic rings. The molecular formula is C41H32N4Si. The summed E-state index contributed by atoms with van der Waals surface area (Å²) in [7, 11) is -2.32. The van der Waals surface area contributed by atoms with Gasteiger partial charge < -0.3 is 4.90 Å². The molecule has 0 atom stereocenters. The van der Waals surface area contributed by atoms with Gasteiger partial charge in [0.2, 0.25) is 0 Å². The number of benzene rings is 6. The molecule has 1 aromatic heterocycles. The zero-order valence-corrected chi connectivity index (χ0v) is 26.8. The molecule has 1 aliphatic heterocycles. The van der Waals surface area contributed by atoms with Crippen LogP contribution in [0.5, 0.6) is 0 Å². The van der Waals surface area contributed by atoms with Gasteiger partial charge in [-0.15, -0.1) is 0 Å². The maximum absolute atomic E-state index is 5.15. The lowest BCUT2D eigenvalue weighted by atomic mass is 10.0. The third-order valence-electron chi connectivity index (χ3n) is 8.86. The van der Waals surface area contributed by atoms with Gasteiger partial charge in [-0.1, -0.05) is 140 Å². The minimum atomic E-state index is -2.32. The Hall–Kier alpha value is -5.65. The number of hydrogen-bond acceptors (Lipinski definition) is 4. The van der Waals surface area contributed by atoms with Gasteiger partial charge in [-0.3, -0.25) is 0 Å². The van der Waals surface area contributed by atoms with E-state index in [1.54, 1.807) is 0 Å². The summed E-state index contributed by atoms with van der Waals surface area (Å²) in [6.07, 6.45) is 0.